The molecule has 2 aliphatic heterocycles. The molecule has 3 rings (SSSR count). The van der Waals surface area contributed by atoms with Crippen LogP contribution in [-0.2, 0) is 0 Å². The van der Waals surface area contributed by atoms with Crippen LogP contribution < -0.4 is 0 Å². The van der Waals surface area contributed by atoms with Crippen molar-refractivity contribution in [3.05, 3.63) is 35.4 Å². The number of alkyl halides is 3. The van der Waals surface area contributed by atoms with E-state index in [1.54, 1.807) is 0 Å². The molecular formula is C18H22F3N5S. The molecule has 0 spiro atoms. The maximum Gasteiger partial charge on any atom is 0.451 e. The van der Waals surface area contributed by atoms with Crippen LogP contribution in [0.1, 0.15) is 42.7 Å². The number of halogens is 3. The number of nitrogens with zero attached hydrogens (tertiary/aromatic N) is 3. The molecule has 0 aliphatic carbocycles. The number of hydrogen-bond donors (Lipinski definition) is 2. The highest BCUT2D eigenvalue weighted by molar-refractivity contribution is 8.11. The van der Waals surface area contributed by atoms with E-state index in [-0.39, 0.29) is 12.3 Å². The highest BCUT2D eigenvalue weighted by Crippen LogP contribution is 2.33. The third-order valence-corrected chi connectivity index (χ3v) is 5.88. The van der Waals surface area contributed by atoms with Gasteiger partial charge in [-0.3, -0.25) is 10.8 Å². The van der Waals surface area contributed by atoms with Crippen LogP contribution >= 0.6 is 11.9 Å². The number of nitrogens with one attached hydrogen (secondary N) is 2. The number of benzene rings is 1. The first-order chi connectivity index (χ1) is 12.7. The largest absolute Gasteiger partial charge is 0.451 e. The van der Waals surface area contributed by atoms with Gasteiger partial charge in [0, 0.05) is 25.9 Å². The normalized spacial score (nSPS) is 19.9. The molecule has 0 bridgehead atoms. The van der Waals surface area contributed by atoms with E-state index in [0.29, 0.717) is 22.4 Å². The first-order valence-corrected chi connectivity index (χ1v) is 9.61. The van der Waals surface area contributed by atoms with Gasteiger partial charge in [0.15, 0.2) is 0 Å². The zero-order valence-corrected chi connectivity index (χ0v) is 15.8. The fourth-order valence-electron chi connectivity index (χ4n) is 3.19. The van der Waals surface area contributed by atoms with E-state index in [9.17, 15) is 13.2 Å². The average molecular weight is 397 g/mol. The van der Waals surface area contributed by atoms with Gasteiger partial charge < -0.3 is 0 Å². The van der Waals surface area contributed by atoms with Crippen molar-refractivity contribution in [1.82, 2.24) is 9.31 Å². The van der Waals surface area contributed by atoms with E-state index >= 15 is 0 Å². The van der Waals surface area contributed by atoms with Crippen molar-refractivity contribution in [2.45, 2.75) is 44.7 Å². The molecule has 0 saturated carbocycles. The summed E-state index contributed by atoms with van der Waals surface area (Å²) in [6.45, 7) is 3.72. The molecule has 0 amide bonds. The van der Waals surface area contributed by atoms with E-state index in [0.717, 1.165) is 25.9 Å². The minimum absolute atomic E-state index is 0.157. The number of hydrazone groups is 1. The lowest BCUT2D eigenvalue weighted by Crippen LogP contribution is -2.43. The van der Waals surface area contributed by atoms with Gasteiger partial charge in [-0.2, -0.15) is 23.3 Å². The van der Waals surface area contributed by atoms with Gasteiger partial charge >= 0.3 is 6.18 Å². The molecule has 1 aromatic rings. The van der Waals surface area contributed by atoms with E-state index in [1.165, 1.54) is 23.1 Å². The second-order valence-electron chi connectivity index (χ2n) is 6.80. The van der Waals surface area contributed by atoms with Crippen molar-refractivity contribution in [3.8, 4) is 0 Å². The first-order valence-electron chi connectivity index (χ1n) is 8.84. The third-order valence-electron chi connectivity index (χ3n) is 4.76. The Kier molecular flexibility index (Phi) is 5.90. The third kappa shape index (κ3) is 4.90. The Morgan fingerprint density at radius 1 is 1.15 bits per heavy atom. The Bertz CT molecular complexity index is 736. The first kappa shape index (κ1) is 19.9. The van der Waals surface area contributed by atoms with Gasteiger partial charge in [0.05, 0.1) is 0 Å². The van der Waals surface area contributed by atoms with Crippen LogP contribution in [0.25, 0.3) is 0 Å². The van der Waals surface area contributed by atoms with E-state index in [2.05, 4.69) is 40.6 Å². The van der Waals surface area contributed by atoms with Gasteiger partial charge in [-0.1, -0.05) is 29.8 Å². The highest BCUT2D eigenvalue weighted by atomic mass is 32.2. The second kappa shape index (κ2) is 8.02. The summed E-state index contributed by atoms with van der Waals surface area (Å²) in [6.07, 6.45) is -2.25. The Morgan fingerprint density at radius 3 is 2.37 bits per heavy atom. The van der Waals surface area contributed by atoms with Crippen LogP contribution in [0.4, 0.5) is 13.2 Å². The smallest absolute Gasteiger partial charge is 0.287 e. The molecule has 1 fully saturated rings. The number of aryl methyl sites for hydroxylation is 1. The van der Waals surface area contributed by atoms with Gasteiger partial charge in [0.1, 0.15) is 10.9 Å². The summed E-state index contributed by atoms with van der Waals surface area (Å²) in [5, 5.41) is 19.7. The maximum atomic E-state index is 12.8. The van der Waals surface area contributed by atoms with Crippen LogP contribution in [0, 0.1) is 17.7 Å². The summed E-state index contributed by atoms with van der Waals surface area (Å²) in [4.78, 5) is 0. The van der Waals surface area contributed by atoms with Crippen molar-refractivity contribution in [2.75, 3.05) is 13.1 Å². The summed E-state index contributed by atoms with van der Waals surface area (Å²) in [5.41, 5.74) is 2.57. The van der Waals surface area contributed by atoms with Crippen LogP contribution in [0.5, 0.6) is 0 Å². The fourth-order valence-corrected chi connectivity index (χ4v) is 4.19. The molecule has 1 saturated heterocycles. The molecule has 0 atom stereocenters. The van der Waals surface area contributed by atoms with E-state index < -0.39 is 12.0 Å². The van der Waals surface area contributed by atoms with Gasteiger partial charge in [0.25, 0.3) is 0 Å². The number of piperidine rings is 1. The molecule has 2 aliphatic rings. The molecule has 27 heavy (non-hydrogen) atoms. The Morgan fingerprint density at radius 2 is 1.78 bits per heavy atom. The lowest BCUT2D eigenvalue weighted by atomic mass is 9.90. The summed E-state index contributed by atoms with van der Waals surface area (Å²) in [5.74, 6) is -1.40. The topological polar surface area (TPSA) is 66.5 Å². The molecule has 5 nitrogen and oxygen atoms in total. The van der Waals surface area contributed by atoms with Crippen LogP contribution in [0.2, 0.25) is 0 Å². The number of rotatable bonds is 2. The molecule has 2 heterocycles. The zero-order valence-electron chi connectivity index (χ0n) is 15.0. The van der Waals surface area contributed by atoms with Gasteiger partial charge in [-0.05, 0) is 43.2 Å². The molecule has 0 unspecified atom stereocenters. The van der Waals surface area contributed by atoms with Crippen LogP contribution in [0.15, 0.2) is 29.4 Å². The fraction of sp³-hybridized carbons (Fsp3) is 0.500. The van der Waals surface area contributed by atoms with Crippen molar-refractivity contribution in [1.29, 1.82) is 10.8 Å². The number of hydrogen-bond acceptors (Lipinski definition) is 5. The SMILES string of the molecule is Cc1ccc(C2CCN(SC3=NN(C(=N)C(F)(F)F)C(=N)CC3)CC2)cc1. The predicted octanol–water partition coefficient (Wildman–Crippen LogP) is 4.75. The molecule has 9 heteroatoms. The maximum absolute atomic E-state index is 12.8. The van der Waals surface area contributed by atoms with Gasteiger partial charge in [-0.15, -0.1) is 0 Å². The monoisotopic (exact) mass is 397 g/mol. The quantitative estimate of drug-likeness (QED) is 0.430. The second-order valence-corrected chi connectivity index (χ2v) is 7.97. The average Bonchev–Trinajstić information content (AvgIpc) is 2.63. The van der Waals surface area contributed by atoms with Gasteiger partial charge in [0.2, 0.25) is 5.84 Å². The van der Waals surface area contributed by atoms with Crippen molar-refractivity contribution in [2.24, 2.45) is 5.10 Å². The molecular weight excluding hydrogens is 375 g/mol. The van der Waals surface area contributed by atoms with Crippen molar-refractivity contribution in [3.63, 3.8) is 0 Å². The minimum Gasteiger partial charge on any atom is -0.287 e. The zero-order chi connectivity index (χ0) is 19.6. The van der Waals surface area contributed by atoms with Crippen molar-refractivity contribution >= 4 is 28.7 Å². The summed E-state index contributed by atoms with van der Waals surface area (Å²) < 4.78 is 40.4. The molecule has 146 valence electrons. The van der Waals surface area contributed by atoms with Crippen LogP contribution in [-0.4, -0.2) is 45.3 Å². The predicted molar refractivity (Wildman–Crippen MR) is 102 cm³/mol. The Hall–Kier alpha value is -1.87. The molecule has 1 aromatic carbocycles. The Balaban J connectivity index is 1.59. The summed E-state index contributed by atoms with van der Waals surface area (Å²) in [7, 11) is 0. The molecule has 0 radical (unpaired) electrons. The van der Waals surface area contributed by atoms with E-state index in [4.69, 9.17) is 10.8 Å². The lowest BCUT2D eigenvalue weighted by Gasteiger charge is -2.33. The number of amidine groups is 2. The molecule has 2 N–H and O–H groups in total. The molecule has 0 aromatic heterocycles. The van der Waals surface area contributed by atoms with E-state index in [1.807, 2.05) is 0 Å². The van der Waals surface area contributed by atoms with Gasteiger partial charge in [-0.25, -0.2) is 4.31 Å². The van der Waals surface area contributed by atoms with Crippen molar-refractivity contribution < 1.29 is 13.2 Å². The minimum atomic E-state index is -4.81. The lowest BCUT2D eigenvalue weighted by molar-refractivity contribution is -0.0670. The summed E-state index contributed by atoms with van der Waals surface area (Å²) >= 11 is 1.36. The Labute approximate surface area is 160 Å². The van der Waals surface area contributed by atoms with Crippen LogP contribution in [0.3, 0.4) is 0 Å². The summed E-state index contributed by atoms with van der Waals surface area (Å²) in [6, 6.07) is 8.57. The highest BCUT2D eigenvalue weighted by Gasteiger charge is 2.41. The standard InChI is InChI=1S/C18H22F3N5S/c1-12-2-4-13(5-3-12)14-8-10-25(11-9-14)27-16-7-6-15(22)26(24-16)17(23)18(19,20)21/h2-5,14,22-23H,6-11H2,1H3.